The summed E-state index contributed by atoms with van der Waals surface area (Å²) in [6.45, 7) is 1.43. The Balaban J connectivity index is 2.62. The molecule has 5 heteroatoms. The molecule has 0 saturated carbocycles. The van der Waals surface area contributed by atoms with Gasteiger partial charge in [0.25, 0.3) is 0 Å². The van der Waals surface area contributed by atoms with Crippen molar-refractivity contribution in [3.05, 3.63) is 34.3 Å². The predicted molar refractivity (Wildman–Crippen MR) is 68.2 cm³/mol. The van der Waals surface area contributed by atoms with Gasteiger partial charge in [0.05, 0.1) is 6.10 Å². The first-order valence-corrected chi connectivity index (χ1v) is 6.53. The molecule has 0 aromatic heterocycles. The van der Waals surface area contributed by atoms with E-state index in [1.807, 2.05) is 6.07 Å². The number of halogens is 1. The highest BCUT2D eigenvalue weighted by molar-refractivity contribution is 9.10. The number of hydrogen-bond acceptors (Lipinski definition) is 4. The van der Waals surface area contributed by atoms with E-state index in [1.165, 1.54) is 6.92 Å². The summed E-state index contributed by atoms with van der Waals surface area (Å²) in [5.41, 5.74) is 0.631. The lowest BCUT2D eigenvalue weighted by molar-refractivity contribution is -0.109. The molecule has 2 unspecified atom stereocenters. The Hall–Kier alpha value is -0.360. The summed E-state index contributed by atoms with van der Waals surface area (Å²) in [4.78, 5) is 10.7. The van der Waals surface area contributed by atoms with E-state index in [-0.39, 0.29) is 10.9 Å². The minimum atomic E-state index is -0.968. The van der Waals surface area contributed by atoms with Crippen molar-refractivity contribution >= 4 is 32.8 Å². The third-order valence-corrected chi connectivity index (χ3v) is 3.42. The van der Waals surface area contributed by atoms with Crippen LogP contribution in [0.25, 0.3) is 0 Å². The highest BCUT2D eigenvalue weighted by Crippen LogP contribution is 2.22. The van der Waals surface area contributed by atoms with Crippen molar-refractivity contribution in [3.8, 4) is 0 Å². The number of rotatable bonds is 4. The summed E-state index contributed by atoms with van der Waals surface area (Å²) in [5.74, 6) is 0.197. The molecule has 1 aromatic carbocycles. The molecule has 0 aliphatic heterocycles. The van der Waals surface area contributed by atoms with E-state index < -0.39 is 12.2 Å². The lowest BCUT2D eigenvalue weighted by Gasteiger charge is -2.17. The number of aliphatic hydroxyl groups excluding tert-OH is 2. The molecule has 0 spiro atoms. The molecule has 0 radical (unpaired) electrons. The van der Waals surface area contributed by atoms with E-state index in [2.05, 4.69) is 15.9 Å². The van der Waals surface area contributed by atoms with Gasteiger partial charge in [-0.05, 0) is 17.7 Å². The highest BCUT2D eigenvalue weighted by Gasteiger charge is 2.19. The quantitative estimate of drug-likeness (QED) is 0.894. The van der Waals surface area contributed by atoms with Gasteiger partial charge in [0, 0.05) is 17.1 Å². The maximum atomic E-state index is 10.7. The van der Waals surface area contributed by atoms with E-state index in [0.29, 0.717) is 5.56 Å². The van der Waals surface area contributed by atoms with Gasteiger partial charge in [-0.1, -0.05) is 39.8 Å². The van der Waals surface area contributed by atoms with Gasteiger partial charge in [-0.3, -0.25) is 4.79 Å². The molecular formula is C11H13BrO3S. The average Bonchev–Trinajstić information content (AvgIpc) is 2.24. The van der Waals surface area contributed by atoms with Gasteiger partial charge in [0.1, 0.15) is 6.10 Å². The van der Waals surface area contributed by atoms with Crippen LogP contribution in [0.3, 0.4) is 0 Å². The van der Waals surface area contributed by atoms with Crippen molar-refractivity contribution < 1.29 is 15.0 Å². The Labute approximate surface area is 107 Å². The number of carbonyl (C=O) groups excluding carboxylic acids is 1. The van der Waals surface area contributed by atoms with E-state index in [9.17, 15) is 15.0 Å². The molecule has 0 bridgehead atoms. The molecule has 88 valence electrons. The molecule has 2 atom stereocenters. The zero-order valence-corrected chi connectivity index (χ0v) is 11.2. The first-order chi connectivity index (χ1) is 7.50. The van der Waals surface area contributed by atoms with Gasteiger partial charge in [0.2, 0.25) is 0 Å². The third kappa shape index (κ3) is 4.25. The van der Waals surface area contributed by atoms with E-state index in [0.717, 1.165) is 16.2 Å². The fourth-order valence-corrected chi connectivity index (χ4v) is 2.21. The zero-order valence-electron chi connectivity index (χ0n) is 8.76. The Bertz CT molecular complexity index is 370. The van der Waals surface area contributed by atoms with Crippen LogP contribution in [0, 0.1) is 0 Å². The van der Waals surface area contributed by atoms with Crippen LogP contribution in [0.4, 0.5) is 0 Å². The zero-order chi connectivity index (χ0) is 12.1. The monoisotopic (exact) mass is 304 g/mol. The fourth-order valence-electron chi connectivity index (χ4n) is 1.21. The van der Waals surface area contributed by atoms with Crippen molar-refractivity contribution in [2.24, 2.45) is 0 Å². The fraction of sp³-hybridized carbons (Fsp3) is 0.364. The highest BCUT2D eigenvalue weighted by atomic mass is 79.9. The number of carbonyl (C=O) groups is 1. The van der Waals surface area contributed by atoms with Crippen LogP contribution in [-0.4, -0.2) is 27.2 Å². The van der Waals surface area contributed by atoms with E-state index in [1.54, 1.807) is 18.2 Å². The number of hydrogen-bond donors (Lipinski definition) is 2. The molecule has 1 aromatic rings. The Kier molecular flexibility index (Phi) is 5.48. The maximum absolute atomic E-state index is 10.7. The largest absolute Gasteiger partial charge is 0.389 e. The van der Waals surface area contributed by atoms with Crippen molar-refractivity contribution in [1.29, 1.82) is 0 Å². The van der Waals surface area contributed by atoms with Gasteiger partial charge in [-0.2, -0.15) is 0 Å². The smallest absolute Gasteiger partial charge is 0.185 e. The number of aliphatic hydroxyl groups is 2. The molecule has 0 fully saturated rings. The van der Waals surface area contributed by atoms with Crippen molar-refractivity contribution in [2.75, 3.05) is 5.75 Å². The third-order valence-electron chi connectivity index (χ3n) is 2.01. The van der Waals surface area contributed by atoms with Crippen LogP contribution in [-0.2, 0) is 4.79 Å². The minimum Gasteiger partial charge on any atom is -0.389 e. The summed E-state index contributed by atoms with van der Waals surface area (Å²) < 4.78 is 0.843. The number of benzene rings is 1. The molecule has 0 heterocycles. The first-order valence-electron chi connectivity index (χ1n) is 4.75. The first kappa shape index (κ1) is 13.7. The van der Waals surface area contributed by atoms with Gasteiger partial charge in [-0.15, -0.1) is 0 Å². The Morgan fingerprint density at radius 3 is 2.75 bits per heavy atom. The molecular weight excluding hydrogens is 292 g/mol. The molecule has 1 rings (SSSR count). The van der Waals surface area contributed by atoms with Crippen molar-refractivity contribution in [1.82, 2.24) is 0 Å². The van der Waals surface area contributed by atoms with Crippen LogP contribution in [0.2, 0.25) is 0 Å². The van der Waals surface area contributed by atoms with Gasteiger partial charge in [-0.25, -0.2) is 0 Å². The Morgan fingerprint density at radius 1 is 1.50 bits per heavy atom. The van der Waals surface area contributed by atoms with Gasteiger partial charge >= 0.3 is 0 Å². The Morgan fingerprint density at radius 2 is 2.19 bits per heavy atom. The molecule has 2 N–H and O–H groups in total. The lowest BCUT2D eigenvalue weighted by Crippen LogP contribution is -2.21. The summed E-state index contributed by atoms with van der Waals surface area (Å²) in [7, 11) is 0. The summed E-state index contributed by atoms with van der Waals surface area (Å²) >= 11 is 4.30. The van der Waals surface area contributed by atoms with Crippen LogP contribution < -0.4 is 0 Å². The average molecular weight is 305 g/mol. The predicted octanol–water partition coefficient (Wildman–Crippen LogP) is 2.12. The molecule has 3 nitrogen and oxygen atoms in total. The summed E-state index contributed by atoms with van der Waals surface area (Å²) in [6.07, 6.45) is -1.91. The van der Waals surface area contributed by atoms with Crippen molar-refractivity contribution in [2.45, 2.75) is 19.1 Å². The molecule has 16 heavy (non-hydrogen) atoms. The van der Waals surface area contributed by atoms with Crippen LogP contribution in [0.5, 0.6) is 0 Å². The summed E-state index contributed by atoms with van der Waals surface area (Å²) in [6, 6.07) is 7.10. The topological polar surface area (TPSA) is 57.5 Å². The van der Waals surface area contributed by atoms with Crippen LogP contribution in [0.15, 0.2) is 28.7 Å². The molecule has 0 saturated heterocycles. The second kappa shape index (κ2) is 6.39. The van der Waals surface area contributed by atoms with Crippen LogP contribution in [0.1, 0.15) is 18.6 Å². The minimum absolute atomic E-state index is 0.0690. The molecule has 0 amide bonds. The summed E-state index contributed by atoms with van der Waals surface area (Å²) in [5, 5.41) is 19.4. The van der Waals surface area contributed by atoms with E-state index >= 15 is 0 Å². The second-order valence-corrected chi connectivity index (χ2v) is 5.48. The van der Waals surface area contributed by atoms with Crippen molar-refractivity contribution in [3.63, 3.8) is 0 Å². The normalized spacial score (nSPS) is 14.5. The standard InChI is InChI=1S/C11H13BrO3S/c1-7(13)16-6-10(14)11(15)8-3-2-4-9(12)5-8/h2-5,10-11,14-15H,6H2,1H3. The lowest BCUT2D eigenvalue weighted by atomic mass is 10.1. The maximum Gasteiger partial charge on any atom is 0.185 e. The van der Waals surface area contributed by atoms with Crippen LogP contribution >= 0.6 is 27.7 Å². The van der Waals surface area contributed by atoms with Gasteiger partial charge in [0.15, 0.2) is 5.12 Å². The molecule has 0 aliphatic carbocycles. The number of thioether (sulfide) groups is 1. The van der Waals surface area contributed by atoms with Gasteiger partial charge < -0.3 is 10.2 Å². The SMILES string of the molecule is CC(=O)SCC(O)C(O)c1cccc(Br)c1. The second-order valence-electron chi connectivity index (χ2n) is 3.37. The van der Waals surface area contributed by atoms with E-state index in [4.69, 9.17) is 0 Å². The molecule has 0 aliphatic rings.